The minimum atomic E-state index is -3.10. The zero-order chi connectivity index (χ0) is 13.9. The Kier molecular flexibility index (Phi) is 4.84. The van der Waals surface area contributed by atoms with Gasteiger partial charge >= 0.3 is 0 Å². The molecule has 1 saturated carbocycles. The first kappa shape index (κ1) is 14.8. The Morgan fingerprint density at radius 1 is 1.37 bits per heavy atom. The number of nitrogens with one attached hydrogen (secondary N) is 2. The summed E-state index contributed by atoms with van der Waals surface area (Å²) < 4.78 is 24.8. The van der Waals surface area contributed by atoms with E-state index in [0.29, 0.717) is 18.5 Å². The van der Waals surface area contributed by atoms with E-state index in [9.17, 15) is 8.42 Å². The molecular weight excluding hydrogens is 284 g/mol. The number of sulfonamides is 1. The summed E-state index contributed by atoms with van der Waals surface area (Å²) in [7, 11) is -1.66. The Bertz CT molecular complexity index is 527. The molecule has 6 heteroatoms. The lowest BCUT2D eigenvalue weighted by atomic mass is 9.76. The van der Waals surface area contributed by atoms with Crippen LogP contribution in [0.1, 0.15) is 24.3 Å². The van der Waals surface area contributed by atoms with Crippen LogP contribution in [0.5, 0.6) is 0 Å². The van der Waals surface area contributed by atoms with Crippen LogP contribution in [0.25, 0.3) is 0 Å². The lowest BCUT2D eigenvalue weighted by Crippen LogP contribution is -2.42. The smallest absolute Gasteiger partial charge is 0.212 e. The molecule has 0 amide bonds. The molecule has 0 radical (unpaired) electrons. The summed E-state index contributed by atoms with van der Waals surface area (Å²) in [5.41, 5.74) is 1.27. The maximum Gasteiger partial charge on any atom is 0.212 e. The summed E-state index contributed by atoms with van der Waals surface area (Å²) >= 11 is 5.97. The van der Waals surface area contributed by atoms with E-state index in [1.807, 2.05) is 18.2 Å². The van der Waals surface area contributed by atoms with Crippen molar-refractivity contribution in [2.45, 2.75) is 24.8 Å². The van der Waals surface area contributed by atoms with E-state index < -0.39 is 10.0 Å². The van der Waals surface area contributed by atoms with Crippen molar-refractivity contribution in [1.82, 2.24) is 10.0 Å². The van der Waals surface area contributed by atoms with Crippen LogP contribution in [0.15, 0.2) is 24.3 Å². The second kappa shape index (κ2) is 6.22. The molecule has 0 atom stereocenters. The summed E-state index contributed by atoms with van der Waals surface area (Å²) in [4.78, 5) is 0. The fourth-order valence-corrected chi connectivity index (χ4v) is 3.11. The van der Waals surface area contributed by atoms with Gasteiger partial charge in [0, 0.05) is 17.6 Å². The van der Waals surface area contributed by atoms with Crippen LogP contribution in [0, 0.1) is 0 Å². The first-order valence-electron chi connectivity index (χ1n) is 6.40. The summed E-state index contributed by atoms with van der Waals surface area (Å²) in [5, 5.41) is 4.04. The molecule has 0 aromatic heterocycles. The average molecular weight is 303 g/mol. The quantitative estimate of drug-likeness (QED) is 0.841. The molecule has 0 bridgehead atoms. The first-order chi connectivity index (χ1) is 9.00. The Hall–Kier alpha value is -0.620. The largest absolute Gasteiger partial charge is 0.313 e. The third-order valence-electron chi connectivity index (χ3n) is 3.57. The highest BCUT2D eigenvalue weighted by atomic mass is 35.5. The highest BCUT2D eigenvalue weighted by Gasteiger charge is 2.29. The van der Waals surface area contributed by atoms with Gasteiger partial charge in [0.1, 0.15) is 0 Å². The van der Waals surface area contributed by atoms with E-state index in [1.165, 1.54) is 12.6 Å². The highest BCUT2D eigenvalue weighted by molar-refractivity contribution is 7.89. The molecule has 1 aromatic carbocycles. The van der Waals surface area contributed by atoms with E-state index in [1.54, 1.807) is 0 Å². The van der Waals surface area contributed by atoms with E-state index in [-0.39, 0.29) is 5.75 Å². The van der Waals surface area contributed by atoms with Crippen LogP contribution in [0.4, 0.5) is 0 Å². The zero-order valence-corrected chi connectivity index (χ0v) is 12.5. The van der Waals surface area contributed by atoms with Gasteiger partial charge in [0.05, 0.1) is 5.75 Å². The Morgan fingerprint density at radius 2 is 2.11 bits per heavy atom. The molecule has 0 heterocycles. The normalized spacial score (nSPS) is 23.1. The maximum absolute atomic E-state index is 11.2. The third-order valence-corrected chi connectivity index (χ3v) is 5.17. The van der Waals surface area contributed by atoms with E-state index in [2.05, 4.69) is 16.1 Å². The Balaban J connectivity index is 1.72. The van der Waals surface area contributed by atoms with Crippen molar-refractivity contribution in [1.29, 1.82) is 0 Å². The van der Waals surface area contributed by atoms with Crippen LogP contribution >= 0.6 is 11.6 Å². The van der Waals surface area contributed by atoms with Gasteiger partial charge in [0.2, 0.25) is 10.0 Å². The number of hydrogen-bond acceptors (Lipinski definition) is 3. The average Bonchev–Trinajstić information content (AvgIpc) is 2.32. The van der Waals surface area contributed by atoms with Gasteiger partial charge in [0.15, 0.2) is 0 Å². The molecule has 0 aliphatic heterocycles. The number of hydrogen-bond donors (Lipinski definition) is 2. The second-order valence-electron chi connectivity index (χ2n) is 4.90. The summed E-state index contributed by atoms with van der Waals surface area (Å²) in [5.74, 6) is 0.666. The van der Waals surface area contributed by atoms with Crippen LogP contribution in [-0.2, 0) is 10.0 Å². The number of rotatable bonds is 6. The van der Waals surface area contributed by atoms with Crippen LogP contribution in [-0.4, -0.2) is 33.8 Å². The number of halogens is 1. The lowest BCUT2D eigenvalue weighted by molar-refractivity contribution is 0.296. The van der Waals surface area contributed by atoms with Crippen molar-refractivity contribution in [3.63, 3.8) is 0 Å². The molecule has 0 saturated heterocycles. The SMILES string of the molecule is CNS(=O)(=O)CCNC1CC(c2cccc(Cl)c2)C1. The van der Waals surface area contributed by atoms with Crippen molar-refractivity contribution in [3.8, 4) is 0 Å². The predicted molar refractivity (Wildman–Crippen MR) is 78.1 cm³/mol. The van der Waals surface area contributed by atoms with Crippen LogP contribution in [0.3, 0.4) is 0 Å². The molecule has 2 N–H and O–H groups in total. The number of benzene rings is 1. The van der Waals surface area contributed by atoms with Crippen molar-refractivity contribution >= 4 is 21.6 Å². The van der Waals surface area contributed by atoms with Crippen LogP contribution < -0.4 is 10.0 Å². The second-order valence-corrected chi connectivity index (χ2v) is 7.38. The van der Waals surface area contributed by atoms with Crippen molar-refractivity contribution in [2.75, 3.05) is 19.3 Å². The molecule has 0 spiro atoms. The highest BCUT2D eigenvalue weighted by Crippen LogP contribution is 2.37. The van der Waals surface area contributed by atoms with Crippen LogP contribution in [0.2, 0.25) is 5.02 Å². The van der Waals surface area contributed by atoms with E-state index in [0.717, 1.165) is 17.9 Å². The van der Waals surface area contributed by atoms with Gasteiger partial charge in [-0.2, -0.15) is 0 Å². The molecule has 1 aromatic rings. The van der Waals surface area contributed by atoms with Gasteiger partial charge in [-0.25, -0.2) is 13.1 Å². The van der Waals surface area contributed by atoms with Gasteiger partial charge in [0.25, 0.3) is 0 Å². The molecule has 2 rings (SSSR count). The monoisotopic (exact) mass is 302 g/mol. The minimum Gasteiger partial charge on any atom is -0.313 e. The zero-order valence-electron chi connectivity index (χ0n) is 10.9. The van der Waals surface area contributed by atoms with Crippen molar-refractivity contribution in [2.24, 2.45) is 0 Å². The maximum atomic E-state index is 11.2. The van der Waals surface area contributed by atoms with Gasteiger partial charge in [-0.15, -0.1) is 0 Å². The molecule has 106 valence electrons. The van der Waals surface area contributed by atoms with E-state index in [4.69, 9.17) is 11.6 Å². The Morgan fingerprint density at radius 3 is 2.74 bits per heavy atom. The Labute approximate surface area is 119 Å². The van der Waals surface area contributed by atoms with Gasteiger partial charge in [-0.3, -0.25) is 0 Å². The first-order valence-corrected chi connectivity index (χ1v) is 8.43. The van der Waals surface area contributed by atoms with E-state index >= 15 is 0 Å². The minimum absolute atomic E-state index is 0.127. The molecular formula is C13H19ClN2O2S. The molecule has 1 aliphatic carbocycles. The molecule has 19 heavy (non-hydrogen) atoms. The van der Waals surface area contributed by atoms with Gasteiger partial charge in [-0.05, 0) is 43.5 Å². The fourth-order valence-electron chi connectivity index (χ4n) is 2.32. The molecule has 0 unspecified atom stereocenters. The molecule has 1 aliphatic rings. The summed E-state index contributed by atoms with van der Waals surface area (Å²) in [6.45, 7) is 0.496. The van der Waals surface area contributed by atoms with Gasteiger partial charge in [-0.1, -0.05) is 23.7 Å². The topological polar surface area (TPSA) is 58.2 Å². The van der Waals surface area contributed by atoms with Gasteiger partial charge < -0.3 is 5.32 Å². The van der Waals surface area contributed by atoms with Crippen molar-refractivity contribution in [3.05, 3.63) is 34.9 Å². The molecule has 1 fully saturated rings. The molecule has 4 nitrogen and oxygen atoms in total. The van der Waals surface area contributed by atoms with Crippen molar-refractivity contribution < 1.29 is 8.42 Å². The predicted octanol–water partition coefficient (Wildman–Crippen LogP) is 1.72. The summed E-state index contributed by atoms with van der Waals surface area (Å²) in [6, 6.07) is 8.36. The fraction of sp³-hybridized carbons (Fsp3) is 0.538. The lowest BCUT2D eigenvalue weighted by Gasteiger charge is -2.36. The third kappa shape index (κ3) is 4.18. The summed E-state index contributed by atoms with van der Waals surface area (Å²) in [6.07, 6.45) is 2.08. The standard InChI is InChI=1S/C13H19ClN2O2S/c1-15-19(17,18)6-5-16-13-8-11(9-13)10-3-2-4-12(14)7-10/h2-4,7,11,13,15-16H,5-6,8-9H2,1H3.